The van der Waals surface area contributed by atoms with Crippen LogP contribution in [0.5, 0.6) is 0 Å². The van der Waals surface area contributed by atoms with Crippen molar-refractivity contribution < 1.29 is 18.7 Å². The lowest BCUT2D eigenvalue weighted by molar-refractivity contribution is 0.0940. The Balaban J connectivity index is 1.98. The number of benzene rings is 1. The molecule has 1 aromatic rings. The summed E-state index contributed by atoms with van der Waals surface area (Å²) in [6.45, 7) is 0.347. The number of carbonyl (C=O) groups is 1. The fourth-order valence-corrected chi connectivity index (χ4v) is 2.41. The van der Waals surface area contributed by atoms with Gasteiger partial charge in [-0.3, -0.25) is 4.79 Å². The molecule has 2 unspecified atom stereocenters. The predicted octanol–water partition coefficient (Wildman–Crippen LogP) is 2.51. The zero-order valence-electron chi connectivity index (χ0n) is 10.1. The van der Waals surface area contributed by atoms with Crippen LogP contribution in [0.1, 0.15) is 29.6 Å². The van der Waals surface area contributed by atoms with Gasteiger partial charge in [-0.25, -0.2) is 8.78 Å². The molecule has 1 amide bonds. The molecular weight excluding hydrogens is 276 g/mol. The summed E-state index contributed by atoms with van der Waals surface area (Å²) in [6.07, 6.45) is 1.83. The number of hydrogen-bond acceptors (Lipinski definition) is 2. The maximum absolute atomic E-state index is 13.5. The first-order chi connectivity index (χ1) is 8.97. The van der Waals surface area contributed by atoms with Crippen molar-refractivity contribution in [2.75, 3.05) is 6.54 Å². The van der Waals surface area contributed by atoms with Gasteiger partial charge >= 0.3 is 0 Å². The van der Waals surface area contributed by atoms with Crippen LogP contribution >= 0.6 is 11.6 Å². The summed E-state index contributed by atoms with van der Waals surface area (Å²) >= 11 is 5.41. The SMILES string of the molecule is O=C(NCC1CCC(O)C1)c1cc(F)c(Cl)cc1F. The van der Waals surface area contributed by atoms with Crippen molar-refractivity contribution in [3.05, 3.63) is 34.4 Å². The standard InChI is InChI=1S/C13H14ClF2NO2/c14-10-5-11(15)9(4-12(10)16)13(19)17-6-7-1-2-8(18)3-7/h4-5,7-8,18H,1-3,6H2,(H,17,19). The summed E-state index contributed by atoms with van der Waals surface area (Å²) in [5.41, 5.74) is -0.361. The van der Waals surface area contributed by atoms with Gasteiger partial charge in [-0.15, -0.1) is 0 Å². The van der Waals surface area contributed by atoms with E-state index in [1.54, 1.807) is 0 Å². The molecule has 0 spiro atoms. The van der Waals surface area contributed by atoms with Gasteiger partial charge in [0.2, 0.25) is 0 Å². The molecule has 1 aliphatic rings. The quantitative estimate of drug-likeness (QED) is 0.840. The summed E-state index contributed by atoms with van der Waals surface area (Å²) < 4.78 is 26.7. The molecule has 6 heteroatoms. The van der Waals surface area contributed by atoms with Crippen molar-refractivity contribution in [1.82, 2.24) is 5.32 Å². The van der Waals surface area contributed by atoms with Crippen LogP contribution in [0.2, 0.25) is 5.02 Å². The Morgan fingerprint density at radius 3 is 2.74 bits per heavy atom. The summed E-state index contributed by atoms with van der Waals surface area (Å²) in [7, 11) is 0. The smallest absolute Gasteiger partial charge is 0.254 e. The fraction of sp³-hybridized carbons (Fsp3) is 0.462. The summed E-state index contributed by atoms with van der Waals surface area (Å²) in [6, 6.07) is 1.57. The topological polar surface area (TPSA) is 49.3 Å². The number of nitrogens with one attached hydrogen (secondary N) is 1. The van der Waals surface area contributed by atoms with Gasteiger partial charge in [-0.2, -0.15) is 0 Å². The van der Waals surface area contributed by atoms with Gasteiger partial charge in [-0.1, -0.05) is 11.6 Å². The van der Waals surface area contributed by atoms with Crippen LogP contribution in [0.25, 0.3) is 0 Å². The average Bonchev–Trinajstić information content (AvgIpc) is 2.77. The Bertz CT molecular complexity index is 496. The number of amides is 1. The Morgan fingerprint density at radius 1 is 1.37 bits per heavy atom. The predicted molar refractivity (Wildman–Crippen MR) is 67.0 cm³/mol. The largest absolute Gasteiger partial charge is 0.393 e. The first-order valence-electron chi connectivity index (χ1n) is 6.08. The van der Waals surface area contributed by atoms with Crippen molar-refractivity contribution in [2.45, 2.75) is 25.4 Å². The lowest BCUT2D eigenvalue weighted by Gasteiger charge is -2.11. The fourth-order valence-electron chi connectivity index (χ4n) is 2.26. The minimum absolute atomic E-state index is 0.180. The highest BCUT2D eigenvalue weighted by Gasteiger charge is 2.23. The molecule has 104 valence electrons. The molecule has 1 fully saturated rings. The molecule has 1 aromatic carbocycles. The molecule has 0 radical (unpaired) electrons. The van der Waals surface area contributed by atoms with E-state index in [4.69, 9.17) is 11.6 Å². The van der Waals surface area contributed by atoms with E-state index in [2.05, 4.69) is 5.32 Å². The first kappa shape index (κ1) is 14.2. The van der Waals surface area contributed by atoms with E-state index in [0.29, 0.717) is 19.4 Å². The van der Waals surface area contributed by atoms with Crippen LogP contribution in [0.15, 0.2) is 12.1 Å². The van der Waals surface area contributed by atoms with Crippen molar-refractivity contribution in [3.8, 4) is 0 Å². The Hall–Kier alpha value is -1.20. The zero-order chi connectivity index (χ0) is 14.0. The molecular formula is C13H14ClF2NO2. The van der Waals surface area contributed by atoms with Gasteiger partial charge in [0.05, 0.1) is 16.7 Å². The average molecular weight is 290 g/mol. The van der Waals surface area contributed by atoms with E-state index < -0.39 is 17.5 Å². The van der Waals surface area contributed by atoms with Crippen molar-refractivity contribution in [3.63, 3.8) is 0 Å². The number of aliphatic hydroxyl groups excluding tert-OH is 1. The Kier molecular flexibility index (Phi) is 4.37. The summed E-state index contributed by atoms with van der Waals surface area (Å²) in [4.78, 5) is 11.7. The van der Waals surface area contributed by atoms with Crippen LogP contribution in [-0.4, -0.2) is 23.7 Å². The number of aliphatic hydroxyl groups is 1. The Labute approximate surface area is 114 Å². The third-order valence-corrected chi connectivity index (χ3v) is 3.61. The second kappa shape index (κ2) is 5.84. The molecule has 0 aliphatic heterocycles. The first-order valence-corrected chi connectivity index (χ1v) is 6.46. The maximum atomic E-state index is 13.5. The van der Waals surface area contributed by atoms with Crippen LogP contribution in [0, 0.1) is 17.6 Å². The molecule has 2 N–H and O–H groups in total. The molecule has 3 nitrogen and oxygen atoms in total. The van der Waals surface area contributed by atoms with E-state index >= 15 is 0 Å². The molecule has 1 saturated carbocycles. The summed E-state index contributed by atoms with van der Waals surface area (Å²) in [5, 5.41) is 11.6. The van der Waals surface area contributed by atoms with Gasteiger partial charge in [0.15, 0.2) is 0 Å². The van der Waals surface area contributed by atoms with Gasteiger partial charge in [-0.05, 0) is 37.3 Å². The molecule has 19 heavy (non-hydrogen) atoms. The van der Waals surface area contributed by atoms with Gasteiger partial charge in [0.1, 0.15) is 11.6 Å². The van der Waals surface area contributed by atoms with Crippen LogP contribution in [0.4, 0.5) is 8.78 Å². The molecule has 2 rings (SSSR count). The molecule has 0 bridgehead atoms. The second-order valence-electron chi connectivity index (χ2n) is 4.79. The van der Waals surface area contributed by atoms with Crippen LogP contribution in [-0.2, 0) is 0 Å². The Morgan fingerprint density at radius 2 is 2.11 bits per heavy atom. The lowest BCUT2D eigenvalue weighted by atomic mass is 10.1. The van der Waals surface area contributed by atoms with Crippen LogP contribution < -0.4 is 5.32 Å². The van der Waals surface area contributed by atoms with E-state index in [0.717, 1.165) is 18.6 Å². The minimum Gasteiger partial charge on any atom is -0.393 e. The molecule has 0 aromatic heterocycles. The summed E-state index contributed by atoms with van der Waals surface area (Å²) in [5.74, 6) is -2.17. The third kappa shape index (κ3) is 3.42. The minimum atomic E-state index is -0.852. The maximum Gasteiger partial charge on any atom is 0.254 e. The monoisotopic (exact) mass is 289 g/mol. The van der Waals surface area contributed by atoms with Gasteiger partial charge in [0.25, 0.3) is 5.91 Å². The van der Waals surface area contributed by atoms with E-state index in [1.807, 2.05) is 0 Å². The zero-order valence-corrected chi connectivity index (χ0v) is 10.9. The van der Waals surface area contributed by atoms with E-state index in [1.165, 1.54) is 0 Å². The van der Waals surface area contributed by atoms with Crippen molar-refractivity contribution in [1.29, 1.82) is 0 Å². The number of carbonyl (C=O) groups excluding carboxylic acids is 1. The molecule has 0 saturated heterocycles. The van der Waals surface area contributed by atoms with Gasteiger partial charge < -0.3 is 10.4 Å². The van der Waals surface area contributed by atoms with E-state index in [9.17, 15) is 18.7 Å². The highest BCUT2D eigenvalue weighted by Crippen LogP contribution is 2.25. The number of halogens is 3. The molecule has 1 aliphatic carbocycles. The third-order valence-electron chi connectivity index (χ3n) is 3.32. The lowest BCUT2D eigenvalue weighted by Crippen LogP contribution is -2.29. The highest BCUT2D eigenvalue weighted by atomic mass is 35.5. The van der Waals surface area contributed by atoms with Crippen molar-refractivity contribution >= 4 is 17.5 Å². The second-order valence-corrected chi connectivity index (χ2v) is 5.20. The molecule has 0 heterocycles. The molecule has 2 atom stereocenters. The van der Waals surface area contributed by atoms with Gasteiger partial charge in [0, 0.05) is 6.54 Å². The highest BCUT2D eigenvalue weighted by molar-refractivity contribution is 6.30. The van der Waals surface area contributed by atoms with Crippen molar-refractivity contribution in [2.24, 2.45) is 5.92 Å². The van der Waals surface area contributed by atoms with Crippen LogP contribution in [0.3, 0.4) is 0 Å². The number of rotatable bonds is 3. The number of hydrogen-bond donors (Lipinski definition) is 2. The van der Waals surface area contributed by atoms with E-state index in [-0.39, 0.29) is 22.6 Å². The normalized spacial score (nSPS) is 22.5.